The van der Waals surface area contributed by atoms with E-state index in [1.54, 1.807) is 0 Å². The van der Waals surface area contributed by atoms with Crippen LogP contribution in [0.25, 0.3) is 11.2 Å². The Hall–Kier alpha value is -2.59. The number of imidazole rings is 1. The molecular weight excluding hydrogens is 338 g/mol. The normalized spacial score (nSPS) is 25.8. The lowest BCUT2D eigenvalue weighted by Crippen LogP contribution is -2.33. The molecule has 9 nitrogen and oxygen atoms in total. The molecule has 2 aromatic heterocycles. The molecule has 4 atom stereocenters. The highest BCUT2D eigenvalue weighted by Gasteiger charge is 2.44. The highest BCUT2D eigenvalue weighted by molar-refractivity contribution is 5.81. The molecule has 1 aliphatic rings. The van der Waals surface area contributed by atoms with Gasteiger partial charge >= 0.3 is 0 Å². The topological polar surface area (TPSA) is 140 Å². The number of hydrogen-bond donors (Lipinski definition) is 4. The second-order valence-electron chi connectivity index (χ2n) is 6.24. The van der Waals surface area contributed by atoms with Crippen molar-refractivity contribution in [2.45, 2.75) is 31.0 Å². The molecule has 5 N–H and O–H groups in total. The van der Waals surface area contributed by atoms with Gasteiger partial charge in [-0.25, -0.2) is 15.0 Å². The number of ether oxygens (including phenoxy) is 1. The van der Waals surface area contributed by atoms with Crippen molar-refractivity contribution in [1.29, 1.82) is 0 Å². The van der Waals surface area contributed by atoms with E-state index in [1.165, 1.54) is 10.9 Å². The SMILES string of the molecule is Nc1nc(Cc2ccccc2)nc2c1ncn2[C@@H]1O[C@H](CO)[C@@H](O)[C@@H]1O. The van der Waals surface area contributed by atoms with Gasteiger partial charge in [0, 0.05) is 6.42 Å². The van der Waals surface area contributed by atoms with E-state index < -0.39 is 31.1 Å². The fourth-order valence-corrected chi connectivity index (χ4v) is 3.14. The molecule has 0 radical (unpaired) electrons. The van der Waals surface area contributed by atoms with E-state index in [1.807, 2.05) is 30.3 Å². The predicted molar refractivity (Wildman–Crippen MR) is 92.0 cm³/mol. The van der Waals surface area contributed by atoms with Gasteiger partial charge in [-0.1, -0.05) is 30.3 Å². The van der Waals surface area contributed by atoms with Crippen LogP contribution < -0.4 is 5.73 Å². The summed E-state index contributed by atoms with van der Waals surface area (Å²) in [5.41, 5.74) is 7.84. The van der Waals surface area contributed by atoms with Gasteiger partial charge in [-0.05, 0) is 5.56 Å². The quantitative estimate of drug-likeness (QED) is 0.495. The molecule has 1 fully saturated rings. The van der Waals surface area contributed by atoms with Crippen molar-refractivity contribution in [2.75, 3.05) is 12.3 Å². The second-order valence-corrected chi connectivity index (χ2v) is 6.24. The van der Waals surface area contributed by atoms with Crippen LogP contribution in [0.4, 0.5) is 5.82 Å². The van der Waals surface area contributed by atoms with Crippen LogP contribution in [0.2, 0.25) is 0 Å². The monoisotopic (exact) mass is 357 g/mol. The van der Waals surface area contributed by atoms with Gasteiger partial charge in [0.05, 0.1) is 12.9 Å². The lowest BCUT2D eigenvalue weighted by atomic mass is 10.1. The summed E-state index contributed by atoms with van der Waals surface area (Å²) in [5, 5.41) is 29.5. The molecule has 4 rings (SSSR count). The van der Waals surface area contributed by atoms with Crippen LogP contribution in [-0.2, 0) is 11.2 Å². The first-order valence-electron chi connectivity index (χ1n) is 8.23. The summed E-state index contributed by atoms with van der Waals surface area (Å²) in [7, 11) is 0. The Labute approximate surface area is 148 Å². The number of nitrogens with zero attached hydrogens (tertiary/aromatic N) is 4. The summed E-state index contributed by atoms with van der Waals surface area (Å²) in [6.45, 7) is -0.405. The number of aromatic nitrogens is 4. The fraction of sp³-hybridized carbons (Fsp3) is 0.353. The number of aliphatic hydroxyl groups is 3. The number of benzene rings is 1. The number of nitrogens with two attached hydrogens (primary N) is 1. The van der Waals surface area contributed by atoms with Crippen molar-refractivity contribution in [3.05, 3.63) is 48.0 Å². The van der Waals surface area contributed by atoms with Gasteiger partial charge in [-0.2, -0.15) is 0 Å². The van der Waals surface area contributed by atoms with Crippen LogP contribution in [-0.4, -0.2) is 59.8 Å². The third-order valence-corrected chi connectivity index (χ3v) is 4.49. The van der Waals surface area contributed by atoms with E-state index in [-0.39, 0.29) is 5.82 Å². The number of aliphatic hydroxyl groups excluding tert-OH is 3. The van der Waals surface area contributed by atoms with Crippen LogP contribution in [0.15, 0.2) is 36.7 Å². The number of anilines is 1. The maximum absolute atomic E-state index is 10.3. The Morgan fingerprint density at radius 3 is 2.58 bits per heavy atom. The van der Waals surface area contributed by atoms with Crippen LogP contribution in [0.3, 0.4) is 0 Å². The van der Waals surface area contributed by atoms with Crippen LogP contribution >= 0.6 is 0 Å². The molecule has 0 spiro atoms. The fourth-order valence-electron chi connectivity index (χ4n) is 3.14. The molecule has 9 heteroatoms. The lowest BCUT2D eigenvalue weighted by Gasteiger charge is -2.16. The average Bonchev–Trinajstić information content (AvgIpc) is 3.18. The van der Waals surface area contributed by atoms with Crippen LogP contribution in [0.5, 0.6) is 0 Å². The largest absolute Gasteiger partial charge is 0.394 e. The van der Waals surface area contributed by atoms with Gasteiger partial charge in [0.25, 0.3) is 0 Å². The summed E-state index contributed by atoms with van der Waals surface area (Å²) in [6, 6.07) is 9.72. The van der Waals surface area contributed by atoms with Crippen molar-refractivity contribution < 1.29 is 20.1 Å². The van der Waals surface area contributed by atoms with E-state index in [9.17, 15) is 15.3 Å². The average molecular weight is 357 g/mol. The molecule has 0 aliphatic carbocycles. The Balaban J connectivity index is 1.73. The molecule has 136 valence electrons. The van der Waals surface area contributed by atoms with Gasteiger partial charge in [-0.3, -0.25) is 4.57 Å². The smallest absolute Gasteiger partial charge is 0.167 e. The van der Waals surface area contributed by atoms with Gasteiger partial charge in [0.1, 0.15) is 29.7 Å². The molecule has 26 heavy (non-hydrogen) atoms. The highest BCUT2D eigenvalue weighted by atomic mass is 16.6. The number of fused-ring (bicyclic) bond motifs is 1. The molecule has 0 amide bonds. The molecule has 0 unspecified atom stereocenters. The molecule has 3 aromatic rings. The van der Waals surface area contributed by atoms with E-state index in [0.717, 1.165) is 5.56 Å². The number of hydrogen-bond acceptors (Lipinski definition) is 8. The maximum Gasteiger partial charge on any atom is 0.167 e. The van der Waals surface area contributed by atoms with Crippen molar-refractivity contribution in [2.24, 2.45) is 0 Å². The van der Waals surface area contributed by atoms with Gasteiger partial charge in [0.15, 0.2) is 17.7 Å². The van der Waals surface area contributed by atoms with Gasteiger partial charge in [0.2, 0.25) is 0 Å². The van der Waals surface area contributed by atoms with Crippen molar-refractivity contribution in [3.8, 4) is 0 Å². The van der Waals surface area contributed by atoms with E-state index in [0.29, 0.717) is 23.4 Å². The van der Waals surface area contributed by atoms with Crippen molar-refractivity contribution >= 4 is 17.0 Å². The first kappa shape index (κ1) is 16.9. The minimum absolute atomic E-state index is 0.228. The van der Waals surface area contributed by atoms with Crippen molar-refractivity contribution in [1.82, 2.24) is 19.5 Å². The zero-order valence-electron chi connectivity index (χ0n) is 13.8. The molecule has 0 saturated carbocycles. The summed E-state index contributed by atoms with van der Waals surface area (Å²) >= 11 is 0. The van der Waals surface area contributed by atoms with Gasteiger partial charge < -0.3 is 25.8 Å². The Bertz CT molecular complexity index is 916. The number of nitrogen functional groups attached to an aromatic ring is 1. The maximum atomic E-state index is 10.3. The summed E-state index contributed by atoms with van der Waals surface area (Å²) < 4.78 is 7.06. The van der Waals surface area contributed by atoms with Gasteiger partial charge in [-0.15, -0.1) is 0 Å². The summed E-state index contributed by atoms with van der Waals surface area (Å²) in [4.78, 5) is 13.0. The Kier molecular flexibility index (Phi) is 4.29. The first-order chi connectivity index (χ1) is 12.6. The molecule has 3 heterocycles. The standard InChI is InChI=1S/C17H19N5O4/c18-15-12-16(21-11(20-15)6-9-4-2-1-3-5-9)22(8-19-12)17-14(25)13(24)10(7-23)26-17/h1-5,8,10,13-14,17,23-25H,6-7H2,(H2,18,20,21)/t10-,13-,14+,17-/m1/s1. The lowest BCUT2D eigenvalue weighted by molar-refractivity contribution is -0.0511. The molecule has 0 bridgehead atoms. The Morgan fingerprint density at radius 2 is 1.88 bits per heavy atom. The predicted octanol–water partition coefficient (Wildman–Crippen LogP) is -0.389. The number of rotatable bonds is 4. The highest BCUT2D eigenvalue weighted by Crippen LogP contribution is 2.32. The summed E-state index contributed by atoms with van der Waals surface area (Å²) in [6.07, 6.45) is -2.31. The van der Waals surface area contributed by atoms with E-state index in [4.69, 9.17) is 10.5 Å². The third kappa shape index (κ3) is 2.80. The molecule has 1 aliphatic heterocycles. The minimum Gasteiger partial charge on any atom is -0.394 e. The third-order valence-electron chi connectivity index (χ3n) is 4.49. The van der Waals surface area contributed by atoms with Crippen LogP contribution in [0, 0.1) is 0 Å². The first-order valence-corrected chi connectivity index (χ1v) is 8.23. The Morgan fingerprint density at radius 1 is 1.12 bits per heavy atom. The van der Waals surface area contributed by atoms with E-state index >= 15 is 0 Å². The zero-order valence-corrected chi connectivity index (χ0v) is 13.8. The summed E-state index contributed by atoms with van der Waals surface area (Å²) in [5.74, 6) is 0.737. The molecule has 1 aromatic carbocycles. The molecule has 1 saturated heterocycles. The van der Waals surface area contributed by atoms with Crippen molar-refractivity contribution in [3.63, 3.8) is 0 Å². The minimum atomic E-state index is -1.22. The molecular formula is C17H19N5O4. The van der Waals surface area contributed by atoms with Crippen LogP contribution in [0.1, 0.15) is 17.6 Å². The van der Waals surface area contributed by atoms with E-state index in [2.05, 4.69) is 15.0 Å². The second kappa shape index (κ2) is 6.61. The zero-order chi connectivity index (χ0) is 18.3.